The van der Waals surface area contributed by atoms with Gasteiger partial charge in [0.1, 0.15) is 29.8 Å². The summed E-state index contributed by atoms with van der Waals surface area (Å²) in [5.74, 6) is -1.01. The highest BCUT2D eigenvalue weighted by atomic mass is 35.5. The minimum absolute atomic E-state index is 0.0847. The molecule has 1 saturated carbocycles. The van der Waals surface area contributed by atoms with Gasteiger partial charge in [-0.25, -0.2) is 8.78 Å². The number of nitrogens with two attached hydrogens (primary N) is 1. The normalized spacial score (nSPS) is 27.3. The zero-order valence-electron chi connectivity index (χ0n) is 23.2. The number of hydrogen-bond acceptors (Lipinski definition) is 7. The van der Waals surface area contributed by atoms with Crippen molar-refractivity contribution in [1.29, 1.82) is 0 Å². The third-order valence-corrected chi connectivity index (χ3v) is 9.65. The molecule has 3 saturated heterocycles. The van der Waals surface area contributed by atoms with Crippen molar-refractivity contribution in [3.63, 3.8) is 0 Å². The maximum Gasteiger partial charge on any atom is 0.418 e. The number of alkyl halides is 4. The number of fused-ring (bicyclic) bond motifs is 3. The van der Waals surface area contributed by atoms with Gasteiger partial charge in [-0.2, -0.15) is 23.1 Å². The number of pyridine rings is 1. The number of aromatic nitrogens is 3. The van der Waals surface area contributed by atoms with Crippen LogP contribution in [0.3, 0.4) is 0 Å². The van der Waals surface area contributed by atoms with Crippen LogP contribution in [0.1, 0.15) is 44.1 Å². The molecule has 43 heavy (non-hydrogen) atoms. The monoisotopic (exact) mass is 620 g/mol. The number of anilines is 2. The van der Waals surface area contributed by atoms with E-state index in [2.05, 4.69) is 26.4 Å². The van der Waals surface area contributed by atoms with E-state index in [9.17, 15) is 17.6 Å². The van der Waals surface area contributed by atoms with Crippen LogP contribution in [-0.4, -0.2) is 63.8 Å². The number of rotatable bonds is 5. The first kappa shape index (κ1) is 28.5. The zero-order chi connectivity index (χ0) is 30.3. The second-order valence-electron chi connectivity index (χ2n) is 12.2. The van der Waals surface area contributed by atoms with Crippen LogP contribution < -0.4 is 15.4 Å². The second kappa shape index (κ2) is 10.2. The Kier molecular flexibility index (Phi) is 6.73. The Balaban J connectivity index is 1.37. The van der Waals surface area contributed by atoms with E-state index in [1.807, 2.05) is 4.90 Å². The van der Waals surface area contributed by atoms with Crippen molar-refractivity contribution in [2.24, 2.45) is 5.92 Å². The van der Waals surface area contributed by atoms with Crippen LogP contribution in [0.5, 0.6) is 6.01 Å². The van der Waals surface area contributed by atoms with Gasteiger partial charge in [0.25, 0.3) is 0 Å². The summed E-state index contributed by atoms with van der Waals surface area (Å²) >= 11 is 5.95. The highest BCUT2D eigenvalue weighted by molar-refractivity contribution is 6.32. The minimum Gasteiger partial charge on any atom is -0.461 e. The number of ether oxygens (including phenoxy) is 1. The Labute approximate surface area is 249 Å². The average Bonchev–Trinajstić information content (AvgIpc) is 3.34. The van der Waals surface area contributed by atoms with Crippen LogP contribution in [0.15, 0.2) is 30.5 Å². The third-order valence-electron chi connectivity index (χ3n) is 9.35. The summed E-state index contributed by atoms with van der Waals surface area (Å²) in [5.41, 5.74) is 3.82. The number of benzene rings is 1. The average molecular weight is 621 g/mol. The molecule has 0 radical (unpaired) electrons. The standard InChI is InChI=1S/C30H30ClF5N6O/c1-15-11-29(6-4-7-41(29)13-15)14-43-28-39-25-19(27(40-28)42-8-3-2-5-17-22(32)26(17)42)12-38-24(23(25)33)18-9-16(37)10-20(31)21(18)30(34,35)36/h9-10,12,17,22,26H,1-8,11,13-14,37H2/t17-,22-,26-,29-/m0/s1. The molecule has 228 valence electrons. The number of nitrogens with zero attached hydrogens (tertiary/aromatic N) is 5. The van der Waals surface area contributed by atoms with Crippen LogP contribution in [-0.2, 0) is 6.18 Å². The van der Waals surface area contributed by atoms with Crippen molar-refractivity contribution in [3.05, 3.63) is 46.9 Å². The van der Waals surface area contributed by atoms with E-state index in [0.717, 1.165) is 69.3 Å². The van der Waals surface area contributed by atoms with E-state index in [-0.39, 0.29) is 46.5 Å². The lowest BCUT2D eigenvalue weighted by atomic mass is 9.94. The van der Waals surface area contributed by atoms with Gasteiger partial charge in [-0.05, 0) is 50.8 Å². The first-order chi connectivity index (χ1) is 20.5. The van der Waals surface area contributed by atoms with E-state index in [1.165, 1.54) is 6.20 Å². The molecule has 2 N–H and O–H groups in total. The maximum atomic E-state index is 16.4. The van der Waals surface area contributed by atoms with Gasteiger partial charge in [0.05, 0.1) is 27.6 Å². The summed E-state index contributed by atoms with van der Waals surface area (Å²) in [6.07, 6.45) is 0.300. The van der Waals surface area contributed by atoms with Gasteiger partial charge >= 0.3 is 12.2 Å². The summed E-state index contributed by atoms with van der Waals surface area (Å²) < 4.78 is 79.7. The van der Waals surface area contributed by atoms with E-state index in [1.54, 1.807) is 0 Å². The number of nitrogen functional groups attached to an aromatic ring is 1. The van der Waals surface area contributed by atoms with Gasteiger partial charge in [0.15, 0.2) is 5.82 Å². The fourth-order valence-corrected chi connectivity index (χ4v) is 7.68. The van der Waals surface area contributed by atoms with Crippen LogP contribution in [0, 0.1) is 11.7 Å². The molecule has 4 aliphatic rings. The Morgan fingerprint density at radius 1 is 1.16 bits per heavy atom. The topological polar surface area (TPSA) is 80.4 Å². The van der Waals surface area contributed by atoms with E-state index in [4.69, 9.17) is 22.1 Å². The molecule has 1 aliphatic carbocycles. The van der Waals surface area contributed by atoms with Gasteiger partial charge in [-0.3, -0.25) is 9.88 Å². The maximum absolute atomic E-state index is 16.4. The molecular weight excluding hydrogens is 591 g/mol. The molecule has 13 heteroatoms. The van der Waals surface area contributed by atoms with Gasteiger partial charge in [-0.1, -0.05) is 30.2 Å². The Bertz CT molecular complexity index is 1640. The first-order valence-corrected chi connectivity index (χ1v) is 14.8. The largest absolute Gasteiger partial charge is 0.461 e. The lowest BCUT2D eigenvalue weighted by Crippen LogP contribution is -2.43. The quantitative estimate of drug-likeness (QED) is 0.196. The predicted octanol–water partition coefficient (Wildman–Crippen LogP) is 6.59. The van der Waals surface area contributed by atoms with Crippen molar-refractivity contribution in [3.8, 4) is 17.3 Å². The molecule has 4 fully saturated rings. The molecule has 3 aromatic rings. The van der Waals surface area contributed by atoms with Crippen LogP contribution in [0.4, 0.5) is 33.5 Å². The highest BCUT2D eigenvalue weighted by Crippen LogP contribution is 2.49. The van der Waals surface area contributed by atoms with Gasteiger partial charge < -0.3 is 15.4 Å². The predicted molar refractivity (Wildman–Crippen MR) is 153 cm³/mol. The molecule has 0 spiro atoms. The van der Waals surface area contributed by atoms with E-state index >= 15 is 4.39 Å². The molecule has 7 rings (SSSR count). The van der Waals surface area contributed by atoms with Gasteiger partial charge in [0, 0.05) is 36.5 Å². The molecule has 4 atom stereocenters. The molecule has 0 bridgehead atoms. The summed E-state index contributed by atoms with van der Waals surface area (Å²) in [6.45, 7) is 6.55. The lowest BCUT2D eigenvalue weighted by molar-refractivity contribution is -0.137. The SMILES string of the molecule is C=C1CN2CCC[C@@]2(COc2nc(N3CCCC[C@H]4[C@H](F)[C@H]43)c3cnc(-c4cc(N)cc(Cl)c4C(F)(F)F)c(F)c3n2)C1. The highest BCUT2D eigenvalue weighted by Gasteiger charge is 2.55. The molecule has 7 nitrogen and oxygen atoms in total. The van der Waals surface area contributed by atoms with E-state index in [0.29, 0.717) is 6.54 Å². The molecule has 1 aromatic carbocycles. The van der Waals surface area contributed by atoms with Crippen molar-refractivity contribution in [1.82, 2.24) is 19.9 Å². The summed E-state index contributed by atoms with van der Waals surface area (Å²) in [4.78, 5) is 17.3. The minimum atomic E-state index is -4.91. The number of hydrogen-bond donors (Lipinski definition) is 1. The molecule has 3 aliphatic heterocycles. The van der Waals surface area contributed by atoms with Crippen molar-refractivity contribution < 1.29 is 26.7 Å². The van der Waals surface area contributed by atoms with Crippen LogP contribution >= 0.6 is 11.6 Å². The molecule has 0 amide bonds. The summed E-state index contributed by atoms with van der Waals surface area (Å²) in [6, 6.07) is 1.39. The van der Waals surface area contributed by atoms with Gasteiger partial charge in [0.2, 0.25) is 0 Å². The first-order valence-electron chi connectivity index (χ1n) is 14.4. The summed E-state index contributed by atoms with van der Waals surface area (Å²) in [7, 11) is 0. The Morgan fingerprint density at radius 2 is 1.98 bits per heavy atom. The summed E-state index contributed by atoms with van der Waals surface area (Å²) in [5, 5.41) is -0.514. The molecule has 5 heterocycles. The van der Waals surface area contributed by atoms with E-state index < -0.39 is 46.1 Å². The molecular formula is C30H30ClF5N6O. The lowest BCUT2D eigenvalue weighted by Gasteiger charge is -2.31. The third kappa shape index (κ3) is 4.77. The zero-order valence-corrected chi connectivity index (χ0v) is 24.0. The Morgan fingerprint density at radius 3 is 2.77 bits per heavy atom. The fourth-order valence-electron chi connectivity index (χ4n) is 7.35. The second-order valence-corrected chi connectivity index (χ2v) is 12.6. The smallest absolute Gasteiger partial charge is 0.418 e. The van der Waals surface area contributed by atoms with Crippen LogP contribution in [0.2, 0.25) is 5.02 Å². The van der Waals surface area contributed by atoms with Crippen molar-refractivity contribution >= 4 is 34.0 Å². The van der Waals surface area contributed by atoms with Crippen molar-refractivity contribution in [2.45, 2.75) is 62.5 Å². The van der Waals surface area contributed by atoms with Crippen molar-refractivity contribution in [2.75, 3.05) is 36.9 Å². The molecule has 0 unspecified atom stereocenters. The van der Waals surface area contributed by atoms with Gasteiger partial charge in [-0.15, -0.1) is 0 Å². The number of halogens is 6. The molecule has 2 aromatic heterocycles. The van der Waals surface area contributed by atoms with Crippen LogP contribution in [0.25, 0.3) is 22.2 Å². The fraction of sp³-hybridized carbons (Fsp3) is 0.500. The Hall–Kier alpha value is -3.25.